The summed E-state index contributed by atoms with van der Waals surface area (Å²) in [6.07, 6.45) is 0.835. The summed E-state index contributed by atoms with van der Waals surface area (Å²) in [6.45, 7) is 2.27. The Morgan fingerprint density at radius 3 is 2.58 bits per heavy atom. The Morgan fingerprint density at radius 2 is 1.96 bits per heavy atom. The number of nitrogens with zero attached hydrogens (tertiary/aromatic N) is 3. The van der Waals surface area contributed by atoms with Crippen LogP contribution in [0.15, 0.2) is 23.1 Å². The Kier molecular flexibility index (Phi) is 5.83. The molecule has 1 aromatic heterocycles. The molecule has 0 atom stereocenters. The van der Waals surface area contributed by atoms with Gasteiger partial charge in [0, 0.05) is 24.0 Å². The van der Waals surface area contributed by atoms with Crippen LogP contribution in [-0.4, -0.2) is 41.9 Å². The summed E-state index contributed by atoms with van der Waals surface area (Å²) in [7, 11) is -3.75. The fourth-order valence-corrected chi connectivity index (χ4v) is 5.53. The molecule has 0 radical (unpaired) electrons. The van der Waals surface area contributed by atoms with Gasteiger partial charge in [0.15, 0.2) is 0 Å². The van der Waals surface area contributed by atoms with E-state index >= 15 is 0 Å². The summed E-state index contributed by atoms with van der Waals surface area (Å²) in [5.41, 5.74) is 0. The molecule has 1 fully saturated rings. The first-order valence-corrected chi connectivity index (χ1v) is 10.8. The topological polar surface area (TPSA) is 92.3 Å². The zero-order valence-corrected chi connectivity index (χ0v) is 16.9. The van der Waals surface area contributed by atoms with Crippen LogP contribution in [-0.2, 0) is 14.8 Å². The second-order valence-electron chi connectivity index (χ2n) is 5.87. The molecular formula is C15H16Cl2N4O3S2. The van der Waals surface area contributed by atoms with Crippen molar-refractivity contribution in [1.29, 1.82) is 0 Å². The third-order valence-electron chi connectivity index (χ3n) is 4.09. The van der Waals surface area contributed by atoms with Gasteiger partial charge in [0.2, 0.25) is 21.1 Å². The average Bonchev–Trinajstić information content (AvgIpc) is 3.02. The van der Waals surface area contributed by atoms with Crippen molar-refractivity contribution in [2.24, 2.45) is 5.92 Å². The van der Waals surface area contributed by atoms with E-state index < -0.39 is 10.0 Å². The van der Waals surface area contributed by atoms with Crippen molar-refractivity contribution in [2.75, 3.05) is 18.4 Å². The number of benzene rings is 1. The Bertz CT molecular complexity index is 925. The second-order valence-corrected chi connectivity index (χ2v) is 9.80. The molecule has 3 rings (SSSR count). The lowest BCUT2D eigenvalue weighted by Gasteiger charge is -2.30. The maximum atomic E-state index is 12.8. The number of carbonyl (C=O) groups is 1. The number of carbonyl (C=O) groups excluding carboxylic acids is 1. The summed E-state index contributed by atoms with van der Waals surface area (Å²) in [6, 6.07) is 4.34. The number of halogens is 2. The van der Waals surface area contributed by atoms with Crippen LogP contribution < -0.4 is 5.32 Å². The first-order valence-electron chi connectivity index (χ1n) is 7.83. The van der Waals surface area contributed by atoms with Crippen LogP contribution >= 0.6 is 34.5 Å². The Morgan fingerprint density at radius 1 is 1.27 bits per heavy atom. The van der Waals surface area contributed by atoms with E-state index in [1.54, 1.807) is 6.92 Å². The molecule has 1 aromatic carbocycles. The van der Waals surface area contributed by atoms with Gasteiger partial charge in [-0.2, -0.15) is 4.31 Å². The van der Waals surface area contributed by atoms with Gasteiger partial charge >= 0.3 is 0 Å². The number of amides is 1. The van der Waals surface area contributed by atoms with Gasteiger partial charge in [0.05, 0.1) is 5.02 Å². The molecule has 0 aliphatic carbocycles. The van der Waals surface area contributed by atoms with Crippen LogP contribution in [0.5, 0.6) is 0 Å². The highest BCUT2D eigenvalue weighted by Crippen LogP contribution is 2.30. The van der Waals surface area contributed by atoms with Crippen LogP contribution in [0.3, 0.4) is 0 Å². The van der Waals surface area contributed by atoms with Crippen LogP contribution in [0.25, 0.3) is 0 Å². The largest absolute Gasteiger partial charge is 0.300 e. The lowest BCUT2D eigenvalue weighted by atomic mass is 9.97. The monoisotopic (exact) mass is 434 g/mol. The van der Waals surface area contributed by atoms with Crippen LogP contribution in [0.1, 0.15) is 17.8 Å². The summed E-state index contributed by atoms with van der Waals surface area (Å²) in [5.74, 6) is -0.445. The maximum Gasteiger partial charge on any atom is 0.244 e. The van der Waals surface area contributed by atoms with Gasteiger partial charge in [-0.25, -0.2) is 8.42 Å². The van der Waals surface area contributed by atoms with Gasteiger partial charge < -0.3 is 5.32 Å². The van der Waals surface area contributed by atoms with Gasteiger partial charge in [0.1, 0.15) is 9.90 Å². The highest BCUT2D eigenvalue weighted by molar-refractivity contribution is 7.89. The van der Waals surface area contributed by atoms with Crippen molar-refractivity contribution >= 4 is 55.6 Å². The van der Waals surface area contributed by atoms with E-state index in [2.05, 4.69) is 15.5 Å². The van der Waals surface area contributed by atoms with Gasteiger partial charge in [-0.1, -0.05) is 34.5 Å². The van der Waals surface area contributed by atoms with E-state index in [4.69, 9.17) is 23.2 Å². The van der Waals surface area contributed by atoms with Crippen LogP contribution in [0.2, 0.25) is 10.0 Å². The van der Waals surface area contributed by atoms with Gasteiger partial charge in [-0.3, -0.25) is 4.79 Å². The van der Waals surface area contributed by atoms with E-state index in [9.17, 15) is 13.2 Å². The fourth-order valence-electron chi connectivity index (χ4n) is 2.73. The van der Waals surface area contributed by atoms with E-state index in [0.717, 1.165) is 5.01 Å². The quantitative estimate of drug-likeness (QED) is 0.797. The number of aromatic nitrogens is 2. The third kappa shape index (κ3) is 4.17. The van der Waals surface area contributed by atoms with Crippen molar-refractivity contribution in [3.63, 3.8) is 0 Å². The van der Waals surface area contributed by atoms with E-state index in [1.807, 2.05) is 0 Å². The van der Waals surface area contributed by atoms with Crippen molar-refractivity contribution in [3.05, 3.63) is 33.3 Å². The van der Waals surface area contributed by atoms with E-state index in [1.165, 1.54) is 33.8 Å². The normalized spacial score (nSPS) is 16.6. The molecule has 1 amide bonds. The van der Waals surface area contributed by atoms with Crippen molar-refractivity contribution < 1.29 is 13.2 Å². The number of hydrogen-bond acceptors (Lipinski definition) is 6. The first-order chi connectivity index (χ1) is 12.3. The lowest BCUT2D eigenvalue weighted by Crippen LogP contribution is -2.41. The molecule has 11 heteroatoms. The first kappa shape index (κ1) is 19.5. The average molecular weight is 435 g/mol. The summed E-state index contributed by atoms with van der Waals surface area (Å²) >= 11 is 13.2. The highest BCUT2D eigenvalue weighted by Gasteiger charge is 2.33. The zero-order valence-electron chi connectivity index (χ0n) is 13.8. The molecule has 0 unspecified atom stereocenters. The molecule has 0 spiro atoms. The van der Waals surface area contributed by atoms with Gasteiger partial charge in [-0.15, -0.1) is 10.2 Å². The number of aryl methyl sites for hydroxylation is 1. The molecule has 140 valence electrons. The number of rotatable bonds is 4. The summed E-state index contributed by atoms with van der Waals surface area (Å²) < 4.78 is 26.9. The molecule has 26 heavy (non-hydrogen) atoms. The summed E-state index contributed by atoms with van der Waals surface area (Å²) in [4.78, 5) is 12.3. The molecule has 2 heterocycles. The van der Waals surface area contributed by atoms with E-state index in [-0.39, 0.29) is 34.8 Å². The third-order valence-corrected chi connectivity index (χ3v) is 7.46. The van der Waals surface area contributed by atoms with Gasteiger partial charge in [-0.05, 0) is 38.0 Å². The standard InChI is InChI=1S/C15H16Cl2N4O3S2/c1-9-19-20-15(25-9)18-14(22)10-4-6-21(7-5-10)26(23,24)13-8-11(16)2-3-12(13)17/h2-3,8,10H,4-7H2,1H3,(H,18,20,22). The van der Waals surface area contributed by atoms with Crippen molar-refractivity contribution in [2.45, 2.75) is 24.7 Å². The lowest BCUT2D eigenvalue weighted by molar-refractivity contribution is -0.120. The SMILES string of the molecule is Cc1nnc(NC(=O)C2CCN(S(=O)(=O)c3cc(Cl)ccc3Cl)CC2)s1. The molecule has 0 saturated carbocycles. The molecule has 1 aliphatic rings. The number of anilines is 1. The number of hydrogen-bond donors (Lipinski definition) is 1. The molecule has 2 aromatic rings. The Labute approximate surface area is 165 Å². The van der Waals surface area contributed by atoms with Crippen LogP contribution in [0, 0.1) is 12.8 Å². The van der Waals surface area contributed by atoms with Crippen molar-refractivity contribution in [3.8, 4) is 0 Å². The minimum atomic E-state index is -3.75. The van der Waals surface area contributed by atoms with Crippen molar-refractivity contribution in [1.82, 2.24) is 14.5 Å². The molecule has 1 N–H and O–H groups in total. The smallest absolute Gasteiger partial charge is 0.244 e. The molecule has 1 saturated heterocycles. The maximum absolute atomic E-state index is 12.8. The number of sulfonamides is 1. The Balaban J connectivity index is 1.66. The van der Waals surface area contributed by atoms with Crippen LogP contribution in [0.4, 0.5) is 5.13 Å². The summed E-state index contributed by atoms with van der Waals surface area (Å²) in [5, 5.41) is 12.1. The minimum Gasteiger partial charge on any atom is -0.300 e. The molecular weight excluding hydrogens is 419 g/mol. The zero-order chi connectivity index (χ0) is 18.9. The fraction of sp³-hybridized carbons (Fsp3) is 0.400. The molecule has 0 bridgehead atoms. The second kappa shape index (κ2) is 7.77. The molecule has 7 nitrogen and oxygen atoms in total. The minimum absolute atomic E-state index is 0.0149. The predicted molar refractivity (Wildman–Crippen MR) is 101 cm³/mol. The molecule has 1 aliphatic heterocycles. The van der Waals surface area contributed by atoms with E-state index in [0.29, 0.717) is 23.0 Å². The van der Waals surface area contributed by atoms with Gasteiger partial charge in [0.25, 0.3) is 0 Å². The number of nitrogens with one attached hydrogen (secondary N) is 1. The highest BCUT2D eigenvalue weighted by atomic mass is 35.5. The number of piperidine rings is 1. The Hall–Kier alpha value is -1.26. The predicted octanol–water partition coefficient (Wildman–Crippen LogP) is 3.19.